The number of pyridine rings is 1. The zero-order valence-corrected chi connectivity index (χ0v) is 21.4. The molecular weight excluding hydrogens is 457 g/mol. The van der Waals surface area contributed by atoms with Crippen LogP contribution in [0.25, 0.3) is 0 Å². The maximum absolute atomic E-state index is 14.0. The van der Waals surface area contributed by atoms with E-state index in [9.17, 15) is 14.3 Å². The van der Waals surface area contributed by atoms with Gasteiger partial charge in [-0.15, -0.1) is 0 Å². The van der Waals surface area contributed by atoms with Crippen molar-refractivity contribution in [1.82, 2.24) is 19.7 Å². The molecule has 1 aliphatic heterocycles. The zero-order valence-electron chi connectivity index (χ0n) is 21.4. The van der Waals surface area contributed by atoms with Crippen LogP contribution in [0, 0.1) is 11.7 Å². The Kier molecular flexibility index (Phi) is 7.14. The highest BCUT2D eigenvalue weighted by molar-refractivity contribution is 5.92. The lowest BCUT2D eigenvalue weighted by Gasteiger charge is -2.52. The number of carbonyl (C=O) groups is 1. The van der Waals surface area contributed by atoms with Gasteiger partial charge in [-0.05, 0) is 70.2 Å². The number of amides is 1. The SMILES string of the molecule is CN(C)[C@]1(c2ccccc2)CC[C@]2(CC1)CN(CC(=O)Nc1ccncc1F)C(O)N2CC1CCC1. The van der Waals surface area contributed by atoms with Gasteiger partial charge in [-0.25, -0.2) is 4.39 Å². The Balaban J connectivity index is 1.34. The van der Waals surface area contributed by atoms with Gasteiger partial charge in [0.25, 0.3) is 0 Å². The molecule has 3 aliphatic rings. The number of aromatic nitrogens is 1. The lowest BCUT2D eigenvalue weighted by molar-refractivity contribution is -0.126. The molecule has 1 aromatic heterocycles. The third-order valence-electron chi connectivity index (χ3n) is 8.96. The molecule has 3 fully saturated rings. The van der Waals surface area contributed by atoms with E-state index in [2.05, 4.69) is 64.5 Å². The number of halogens is 1. The van der Waals surface area contributed by atoms with Crippen molar-refractivity contribution in [3.8, 4) is 0 Å². The molecule has 2 aliphatic carbocycles. The molecule has 8 heteroatoms. The van der Waals surface area contributed by atoms with E-state index < -0.39 is 12.2 Å². The normalized spacial score (nSPS) is 29.5. The Morgan fingerprint density at radius 2 is 1.89 bits per heavy atom. The van der Waals surface area contributed by atoms with Gasteiger partial charge in [-0.1, -0.05) is 36.8 Å². The monoisotopic (exact) mass is 495 g/mol. The molecule has 1 spiro atoms. The fourth-order valence-corrected chi connectivity index (χ4v) is 6.54. The summed E-state index contributed by atoms with van der Waals surface area (Å²) < 4.78 is 14.0. The van der Waals surface area contributed by atoms with Crippen LogP contribution < -0.4 is 5.32 Å². The topological polar surface area (TPSA) is 71.9 Å². The molecule has 1 amide bonds. The van der Waals surface area contributed by atoms with Crippen LogP contribution in [0.3, 0.4) is 0 Å². The molecule has 1 aromatic carbocycles. The molecule has 5 rings (SSSR count). The van der Waals surface area contributed by atoms with Crippen molar-refractivity contribution in [2.45, 2.75) is 62.4 Å². The van der Waals surface area contributed by atoms with Crippen molar-refractivity contribution in [3.05, 3.63) is 60.2 Å². The van der Waals surface area contributed by atoms with Crippen LogP contribution in [-0.4, -0.2) is 76.3 Å². The number of nitrogens with zero attached hydrogens (tertiary/aromatic N) is 4. The fourth-order valence-electron chi connectivity index (χ4n) is 6.54. The van der Waals surface area contributed by atoms with Crippen molar-refractivity contribution in [2.75, 3.05) is 39.0 Å². The summed E-state index contributed by atoms with van der Waals surface area (Å²) in [6.45, 7) is 1.51. The summed E-state index contributed by atoms with van der Waals surface area (Å²) in [7, 11) is 4.32. The standard InChI is InChI=1S/C28H38FN5O2/c1-32(2)28(22-9-4-3-5-10-22)14-12-27(13-15-28)20-33(26(36)34(27)18-21-7-6-8-21)19-25(35)31-24-11-16-30-17-23(24)29/h3-5,9-11,16-17,21,26,36H,6-8,12-15,18-20H2,1-2H3,(H,30,31,35)/t26?,27-,28+. The van der Waals surface area contributed by atoms with Crippen LogP contribution in [0.1, 0.15) is 50.5 Å². The first-order chi connectivity index (χ1) is 17.3. The van der Waals surface area contributed by atoms with Gasteiger partial charge in [0.15, 0.2) is 12.2 Å². The average Bonchev–Trinajstić information content (AvgIpc) is 3.08. The summed E-state index contributed by atoms with van der Waals surface area (Å²) in [5.74, 6) is -0.294. The fraction of sp³-hybridized carbons (Fsp3) is 0.571. The van der Waals surface area contributed by atoms with Crippen molar-refractivity contribution >= 4 is 11.6 Å². The van der Waals surface area contributed by atoms with E-state index in [1.807, 2.05) is 4.90 Å². The van der Waals surface area contributed by atoms with Crippen LogP contribution in [-0.2, 0) is 10.3 Å². The number of hydrogen-bond acceptors (Lipinski definition) is 6. The first kappa shape index (κ1) is 25.3. The molecule has 2 saturated carbocycles. The predicted octanol–water partition coefficient (Wildman–Crippen LogP) is 3.62. The maximum atomic E-state index is 14.0. The van der Waals surface area contributed by atoms with E-state index in [0.717, 1.165) is 38.4 Å². The lowest BCUT2D eigenvalue weighted by Crippen LogP contribution is -2.57. The number of carbonyl (C=O) groups excluding carboxylic acids is 1. The number of nitrogens with one attached hydrogen (secondary N) is 1. The molecule has 2 N–H and O–H groups in total. The van der Waals surface area contributed by atoms with Crippen molar-refractivity contribution in [2.24, 2.45) is 5.92 Å². The molecule has 2 heterocycles. The molecule has 1 unspecified atom stereocenters. The molecule has 7 nitrogen and oxygen atoms in total. The Labute approximate surface area is 213 Å². The lowest BCUT2D eigenvalue weighted by atomic mass is 9.68. The van der Waals surface area contributed by atoms with E-state index in [1.165, 1.54) is 37.1 Å². The molecular formula is C28H38FN5O2. The van der Waals surface area contributed by atoms with Crippen LogP contribution in [0.2, 0.25) is 0 Å². The van der Waals surface area contributed by atoms with Gasteiger partial charge in [0, 0.05) is 30.4 Å². The number of hydrogen-bond donors (Lipinski definition) is 2. The van der Waals surface area contributed by atoms with Gasteiger partial charge < -0.3 is 10.4 Å². The summed E-state index contributed by atoms with van der Waals surface area (Å²) in [6, 6.07) is 12.2. The highest BCUT2D eigenvalue weighted by atomic mass is 19.1. The van der Waals surface area contributed by atoms with Crippen LogP contribution in [0.4, 0.5) is 10.1 Å². The predicted molar refractivity (Wildman–Crippen MR) is 137 cm³/mol. The van der Waals surface area contributed by atoms with Crippen molar-refractivity contribution < 1.29 is 14.3 Å². The first-order valence-corrected chi connectivity index (χ1v) is 13.1. The Bertz CT molecular complexity index is 1050. The van der Waals surface area contributed by atoms with E-state index in [1.54, 1.807) is 0 Å². The summed E-state index contributed by atoms with van der Waals surface area (Å²) in [6.07, 6.45) is 9.23. The smallest absolute Gasteiger partial charge is 0.238 e. The van der Waals surface area contributed by atoms with Gasteiger partial charge in [-0.3, -0.25) is 24.5 Å². The summed E-state index contributed by atoms with van der Waals surface area (Å²) >= 11 is 0. The largest absolute Gasteiger partial charge is 0.365 e. The Morgan fingerprint density at radius 1 is 1.17 bits per heavy atom. The van der Waals surface area contributed by atoms with Crippen LogP contribution >= 0.6 is 0 Å². The minimum absolute atomic E-state index is 0.0172. The first-order valence-electron chi connectivity index (χ1n) is 13.1. The third kappa shape index (κ3) is 4.67. The van der Waals surface area contributed by atoms with E-state index in [0.29, 0.717) is 12.5 Å². The van der Waals surface area contributed by atoms with E-state index in [4.69, 9.17) is 0 Å². The Hall–Kier alpha value is -2.39. The number of aliphatic hydroxyl groups excluding tert-OH is 1. The average molecular weight is 496 g/mol. The van der Waals surface area contributed by atoms with Gasteiger partial charge >= 0.3 is 0 Å². The molecule has 2 aromatic rings. The maximum Gasteiger partial charge on any atom is 0.238 e. The summed E-state index contributed by atoms with van der Waals surface area (Å²) in [5.41, 5.74) is 1.24. The second kappa shape index (κ2) is 10.2. The molecule has 1 atom stereocenters. The molecule has 0 bridgehead atoms. The second-order valence-corrected chi connectivity index (χ2v) is 11.1. The summed E-state index contributed by atoms with van der Waals surface area (Å²) in [4.78, 5) is 23.1. The molecule has 194 valence electrons. The highest BCUT2D eigenvalue weighted by Crippen LogP contribution is 2.50. The number of rotatable bonds is 7. The van der Waals surface area contributed by atoms with Gasteiger partial charge in [0.05, 0.1) is 18.4 Å². The minimum Gasteiger partial charge on any atom is -0.365 e. The molecule has 36 heavy (non-hydrogen) atoms. The molecule has 0 radical (unpaired) electrons. The Morgan fingerprint density at radius 3 is 2.50 bits per heavy atom. The van der Waals surface area contributed by atoms with Gasteiger partial charge in [-0.2, -0.15) is 0 Å². The van der Waals surface area contributed by atoms with E-state index >= 15 is 0 Å². The van der Waals surface area contributed by atoms with Crippen molar-refractivity contribution in [1.29, 1.82) is 0 Å². The molecule has 1 saturated heterocycles. The second-order valence-electron chi connectivity index (χ2n) is 11.1. The number of benzene rings is 1. The minimum atomic E-state index is -0.817. The van der Waals surface area contributed by atoms with Crippen LogP contribution in [0.15, 0.2) is 48.8 Å². The third-order valence-corrected chi connectivity index (χ3v) is 8.96. The van der Waals surface area contributed by atoms with Crippen LogP contribution in [0.5, 0.6) is 0 Å². The van der Waals surface area contributed by atoms with Crippen molar-refractivity contribution in [3.63, 3.8) is 0 Å². The highest BCUT2D eigenvalue weighted by Gasteiger charge is 2.55. The van der Waals surface area contributed by atoms with Gasteiger partial charge in [0.1, 0.15) is 0 Å². The summed E-state index contributed by atoms with van der Waals surface area (Å²) in [5, 5.41) is 14.1. The number of anilines is 1. The quantitative estimate of drug-likeness (QED) is 0.611. The van der Waals surface area contributed by atoms with Gasteiger partial charge in [0.2, 0.25) is 5.91 Å². The van der Waals surface area contributed by atoms with E-state index in [-0.39, 0.29) is 29.2 Å². The number of aliphatic hydroxyl groups is 1. The zero-order chi connectivity index (χ0) is 25.3.